The van der Waals surface area contributed by atoms with E-state index in [0.29, 0.717) is 17.7 Å². The molecule has 0 aromatic heterocycles. The van der Waals surface area contributed by atoms with E-state index in [1.54, 1.807) is 0 Å². The van der Waals surface area contributed by atoms with Gasteiger partial charge in [0.1, 0.15) is 12.4 Å². The van der Waals surface area contributed by atoms with Gasteiger partial charge in [-0.1, -0.05) is 11.6 Å². The fourth-order valence-electron chi connectivity index (χ4n) is 3.74. The lowest BCUT2D eigenvalue weighted by Crippen LogP contribution is -2.48. The van der Waals surface area contributed by atoms with Crippen LogP contribution in [0.1, 0.15) is 31.2 Å². The molecule has 1 atom stereocenters. The van der Waals surface area contributed by atoms with Gasteiger partial charge < -0.3 is 15.0 Å². The molecule has 2 fully saturated rings. The first-order valence-corrected chi connectivity index (χ1v) is 9.50. The fourth-order valence-corrected chi connectivity index (χ4v) is 3.93. The summed E-state index contributed by atoms with van der Waals surface area (Å²) in [6.07, 6.45) is 5.63. The molecule has 1 amide bonds. The molecule has 2 aliphatic heterocycles. The minimum absolute atomic E-state index is 0.0769. The standard InChI is InChI=1S/C19H25ClN2O2/c20-16-3-4-18-14(10-16)9-15(12-24-18)19(23)22-7-5-17(6-8-22)21-11-13-1-2-13/h3-4,10,13,15,17,21H,1-2,5-9,11-12H2. The maximum atomic E-state index is 12.8. The van der Waals surface area contributed by atoms with Gasteiger partial charge in [0.2, 0.25) is 5.91 Å². The molecule has 1 N–H and O–H groups in total. The van der Waals surface area contributed by atoms with E-state index in [1.165, 1.54) is 12.8 Å². The summed E-state index contributed by atoms with van der Waals surface area (Å²) in [7, 11) is 0. The van der Waals surface area contributed by atoms with Gasteiger partial charge in [0.05, 0.1) is 5.92 Å². The van der Waals surface area contributed by atoms with Crippen LogP contribution in [0.15, 0.2) is 18.2 Å². The van der Waals surface area contributed by atoms with Gasteiger partial charge >= 0.3 is 0 Å². The molecule has 0 spiro atoms. The Morgan fingerprint density at radius 2 is 2.04 bits per heavy atom. The Kier molecular flexibility index (Phi) is 4.68. The van der Waals surface area contributed by atoms with E-state index in [0.717, 1.165) is 56.1 Å². The number of carbonyl (C=O) groups excluding carboxylic acids is 1. The molecule has 1 aromatic rings. The summed E-state index contributed by atoms with van der Waals surface area (Å²) in [5.74, 6) is 1.94. The lowest BCUT2D eigenvalue weighted by atomic mass is 9.94. The van der Waals surface area contributed by atoms with Crippen molar-refractivity contribution in [3.05, 3.63) is 28.8 Å². The van der Waals surface area contributed by atoms with Crippen molar-refractivity contribution in [1.29, 1.82) is 0 Å². The number of ether oxygens (including phenoxy) is 1. The molecule has 130 valence electrons. The van der Waals surface area contributed by atoms with Gasteiger partial charge in [-0.3, -0.25) is 4.79 Å². The van der Waals surface area contributed by atoms with Gasteiger partial charge in [0, 0.05) is 24.2 Å². The van der Waals surface area contributed by atoms with Gasteiger partial charge in [-0.05, 0) is 68.3 Å². The van der Waals surface area contributed by atoms with Crippen molar-refractivity contribution in [1.82, 2.24) is 10.2 Å². The van der Waals surface area contributed by atoms with E-state index in [-0.39, 0.29) is 11.8 Å². The van der Waals surface area contributed by atoms with Crippen LogP contribution >= 0.6 is 11.6 Å². The van der Waals surface area contributed by atoms with E-state index >= 15 is 0 Å². The Bertz CT molecular complexity index is 609. The van der Waals surface area contributed by atoms with Crippen LogP contribution in [0.25, 0.3) is 0 Å². The molecule has 1 aromatic carbocycles. The molecule has 1 aliphatic carbocycles. The average Bonchev–Trinajstić information content (AvgIpc) is 3.43. The fraction of sp³-hybridized carbons (Fsp3) is 0.632. The molecule has 0 bridgehead atoms. The Balaban J connectivity index is 1.30. The number of nitrogens with zero attached hydrogens (tertiary/aromatic N) is 1. The Morgan fingerprint density at radius 3 is 2.79 bits per heavy atom. The topological polar surface area (TPSA) is 41.6 Å². The second-order valence-corrected chi connectivity index (χ2v) is 7.85. The van der Waals surface area contributed by atoms with E-state index in [1.807, 2.05) is 23.1 Å². The van der Waals surface area contributed by atoms with E-state index in [2.05, 4.69) is 5.32 Å². The molecule has 0 radical (unpaired) electrons. The number of fused-ring (bicyclic) bond motifs is 1. The number of likely N-dealkylation sites (tertiary alicyclic amines) is 1. The Labute approximate surface area is 148 Å². The van der Waals surface area contributed by atoms with Crippen molar-refractivity contribution >= 4 is 17.5 Å². The summed E-state index contributed by atoms with van der Waals surface area (Å²) in [5.41, 5.74) is 1.05. The lowest BCUT2D eigenvalue weighted by molar-refractivity contribution is -0.138. The highest BCUT2D eigenvalue weighted by Gasteiger charge is 2.32. The number of hydrogen-bond donors (Lipinski definition) is 1. The average molecular weight is 349 g/mol. The highest BCUT2D eigenvalue weighted by Crippen LogP contribution is 2.31. The number of rotatable bonds is 4. The van der Waals surface area contributed by atoms with E-state index in [4.69, 9.17) is 16.3 Å². The van der Waals surface area contributed by atoms with Crippen molar-refractivity contribution < 1.29 is 9.53 Å². The van der Waals surface area contributed by atoms with Crippen molar-refractivity contribution in [3.8, 4) is 5.75 Å². The molecule has 2 heterocycles. The van der Waals surface area contributed by atoms with E-state index < -0.39 is 0 Å². The summed E-state index contributed by atoms with van der Waals surface area (Å²) >= 11 is 6.07. The van der Waals surface area contributed by atoms with Crippen LogP contribution in [0.2, 0.25) is 5.02 Å². The van der Waals surface area contributed by atoms with Gasteiger partial charge in [0.25, 0.3) is 0 Å². The van der Waals surface area contributed by atoms with Crippen LogP contribution in [0.5, 0.6) is 5.75 Å². The third-order valence-corrected chi connectivity index (χ3v) is 5.71. The molecule has 1 unspecified atom stereocenters. The van der Waals surface area contributed by atoms with Crippen LogP contribution in [-0.4, -0.2) is 43.1 Å². The molecule has 24 heavy (non-hydrogen) atoms. The molecule has 1 saturated heterocycles. The smallest absolute Gasteiger partial charge is 0.229 e. The summed E-state index contributed by atoms with van der Waals surface area (Å²) in [5, 5.41) is 4.37. The number of carbonyl (C=O) groups is 1. The Morgan fingerprint density at radius 1 is 1.25 bits per heavy atom. The number of nitrogens with one attached hydrogen (secondary N) is 1. The predicted octanol–water partition coefficient (Wildman–Crippen LogP) is 2.88. The molecule has 4 rings (SSSR count). The zero-order chi connectivity index (χ0) is 16.5. The maximum absolute atomic E-state index is 12.8. The van der Waals surface area contributed by atoms with Crippen LogP contribution in [-0.2, 0) is 11.2 Å². The Hall–Kier alpha value is -1.26. The summed E-state index contributed by atoms with van der Waals surface area (Å²) in [4.78, 5) is 14.8. The van der Waals surface area contributed by atoms with Crippen LogP contribution < -0.4 is 10.1 Å². The summed E-state index contributed by atoms with van der Waals surface area (Å²) in [6, 6.07) is 6.23. The highest BCUT2D eigenvalue weighted by molar-refractivity contribution is 6.30. The first kappa shape index (κ1) is 16.2. The minimum atomic E-state index is -0.0769. The number of piperidine rings is 1. The van der Waals surface area contributed by atoms with Crippen molar-refractivity contribution in [2.75, 3.05) is 26.2 Å². The summed E-state index contributed by atoms with van der Waals surface area (Å²) in [6.45, 7) is 3.36. The molecule has 5 heteroatoms. The summed E-state index contributed by atoms with van der Waals surface area (Å²) < 4.78 is 5.78. The second-order valence-electron chi connectivity index (χ2n) is 7.42. The van der Waals surface area contributed by atoms with E-state index in [9.17, 15) is 4.79 Å². The van der Waals surface area contributed by atoms with Gasteiger partial charge in [-0.15, -0.1) is 0 Å². The molecular formula is C19H25ClN2O2. The number of halogens is 1. The highest BCUT2D eigenvalue weighted by atomic mass is 35.5. The third kappa shape index (κ3) is 3.70. The normalized spacial score (nSPS) is 24.4. The van der Waals surface area contributed by atoms with Crippen LogP contribution in [0.4, 0.5) is 0 Å². The SMILES string of the molecule is O=C(C1COc2ccc(Cl)cc2C1)N1CCC(NCC2CC2)CC1. The first-order valence-electron chi connectivity index (χ1n) is 9.12. The monoisotopic (exact) mass is 348 g/mol. The maximum Gasteiger partial charge on any atom is 0.229 e. The lowest BCUT2D eigenvalue weighted by Gasteiger charge is -2.35. The number of hydrogen-bond acceptors (Lipinski definition) is 3. The third-order valence-electron chi connectivity index (χ3n) is 5.48. The molecule has 4 nitrogen and oxygen atoms in total. The molecule has 1 saturated carbocycles. The van der Waals surface area contributed by atoms with Crippen molar-refractivity contribution in [3.63, 3.8) is 0 Å². The molecule has 3 aliphatic rings. The van der Waals surface area contributed by atoms with Crippen LogP contribution in [0.3, 0.4) is 0 Å². The van der Waals surface area contributed by atoms with Gasteiger partial charge in [-0.25, -0.2) is 0 Å². The van der Waals surface area contributed by atoms with Crippen molar-refractivity contribution in [2.45, 2.75) is 38.1 Å². The minimum Gasteiger partial charge on any atom is -0.492 e. The zero-order valence-electron chi connectivity index (χ0n) is 14.0. The predicted molar refractivity (Wildman–Crippen MR) is 94.5 cm³/mol. The number of amides is 1. The van der Waals surface area contributed by atoms with Crippen molar-refractivity contribution in [2.24, 2.45) is 11.8 Å². The second kappa shape index (κ2) is 6.93. The first-order chi connectivity index (χ1) is 11.7. The zero-order valence-corrected chi connectivity index (χ0v) is 14.7. The van der Waals surface area contributed by atoms with Gasteiger partial charge in [0.15, 0.2) is 0 Å². The molecular weight excluding hydrogens is 324 g/mol. The quantitative estimate of drug-likeness (QED) is 0.909. The van der Waals surface area contributed by atoms with Crippen LogP contribution in [0, 0.1) is 11.8 Å². The van der Waals surface area contributed by atoms with Gasteiger partial charge in [-0.2, -0.15) is 0 Å². The largest absolute Gasteiger partial charge is 0.492 e. The number of benzene rings is 1.